The molecule has 5 rings (SSSR count). The highest BCUT2D eigenvalue weighted by Crippen LogP contribution is 2.34. The Morgan fingerprint density at radius 1 is 1.15 bits per heavy atom. The Morgan fingerprint density at radius 3 is 2.76 bits per heavy atom. The number of aromatic nitrogens is 3. The van der Waals surface area contributed by atoms with Crippen molar-refractivity contribution in [2.75, 3.05) is 24.7 Å². The summed E-state index contributed by atoms with van der Waals surface area (Å²) >= 11 is 0. The first-order chi connectivity index (χ1) is 16.7. The third kappa shape index (κ3) is 4.40. The number of nitrogens with one attached hydrogen (secondary N) is 2. The van der Waals surface area contributed by atoms with Crippen LogP contribution < -0.4 is 21.1 Å². The zero-order chi connectivity index (χ0) is 23.5. The standard InChI is InChI=1S/C27H34N6O/c1-3-4-14-29-26-25-24(31-27(28)32-26)21-10-5-6-11-22(21)33(25)17-19-15-18(12-13-23(19)34-2)16-30-20-8-7-9-20/h5-6,10-13,15,20,30H,3-4,7-9,14,16-17H2,1-2H3,(H3,28,29,31,32). The first-order valence-electron chi connectivity index (χ1n) is 12.4. The van der Waals surface area contributed by atoms with Gasteiger partial charge in [-0.05, 0) is 43.0 Å². The number of nitrogens with zero attached hydrogens (tertiary/aromatic N) is 3. The number of unbranched alkanes of at least 4 members (excludes halogenated alkanes) is 1. The molecule has 2 aromatic carbocycles. The summed E-state index contributed by atoms with van der Waals surface area (Å²) in [5.74, 6) is 1.96. The molecule has 0 bridgehead atoms. The van der Waals surface area contributed by atoms with E-state index in [1.54, 1.807) is 7.11 Å². The number of hydrogen-bond donors (Lipinski definition) is 3. The van der Waals surface area contributed by atoms with Gasteiger partial charge in [-0.25, -0.2) is 4.98 Å². The van der Waals surface area contributed by atoms with Gasteiger partial charge in [0.15, 0.2) is 5.82 Å². The molecule has 1 aliphatic carbocycles. The van der Waals surface area contributed by atoms with Crippen molar-refractivity contribution in [3.8, 4) is 5.75 Å². The predicted molar refractivity (Wildman–Crippen MR) is 139 cm³/mol. The summed E-state index contributed by atoms with van der Waals surface area (Å²) in [6, 6.07) is 15.5. The normalized spacial score (nSPS) is 13.9. The molecule has 1 aliphatic rings. The number of ether oxygens (including phenoxy) is 1. The molecule has 2 aromatic heterocycles. The van der Waals surface area contributed by atoms with Crippen LogP contribution in [0.1, 0.15) is 50.2 Å². The fourth-order valence-corrected chi connectivity index (χ4v) is 4.73. The molecule has 0 atom stereocenters. The highest BCUT2D eigenvalue weighted by atomic mass is 16.5. The molecule has 4 N–H and O–H groups in total. The van der Waals surface area contributed by atoms with E-state index in [1.807, 2.05) is 6.07 Å². The third-order valence-corrected chi connectivity index (χ3v) is 6.82. The first-order valence-corrected chi connectivity index (χ1v) is 12.4. The number of methoxy groups -OCH3 is 1. The number of para-hydroxylation sites is 1. The molecule has 0 aliphatic heterocycles. The summed E-state index contributed by atoms with van der Waals surface area (Å²) < 4.78 is 8.05. The van der Waals surface area contributed by atoms with Crippen molar-refractivity contribution in [1.82, 2.24) is 19.9 Å². The monoisotopic (exact) mass is 458 g/mol. The second kappa shape index (κ2) is 9.89. The maximum atomic E-state index is 6.12. The van der Waals surface area contributed by atoms with Crippen molar-refractivity contribution in [1.29, 1.82) is 0 Å². The Kier molecular flexibility index (Phi) is 6.54. The zero-order valence-corrected chi connectivity index (χ0v) is 20.1. The minimum Gasteiger partial charge on any atom is -0.496 e. The van der Waals surface area contributed by atoms with Crippen LogP contribution in [0.15, 0.2) is 42.5 Å². The van der Waals surface area contributed by atoms with E-state index >= 15 is 0 Å². The second-order valence-corrected chi connectivity index (χ2v) is 9.17. The van der Waals surface area contributed by atoms with E-state index in [4.69, 9.17) is 10.5 Å². The lowest BCUT2D eigenvalue weighted by molar-refractivity contribution is 0.338. The van der Waals surface area contributed by atoms with Gasteiger partial charge in [-0.1, -0.05) is 44.0 Å². The lowest BCUT2D eigenvalue weighted by Gasteiger charge is -2.26. The average Bonchev–Trinajstić information content (AvgIpc) is 3.12. The highest BCUT2D eigenvalue weighted by molar-refractivity contribution is 6.09. The van der Waals surface area contributed by atoms with Crippen LogP contribution in [0.5, 0.6) is 5.75 Å². The van der Waals surface area contributed by atoms with E-state index in [-0.39, 0.29) is 5.95 Å². The maximum absolute atomic E-state index is 6.12. The van der Waals surface area contributed by atoms with Crippen LogP contribution in [0.4, 0.5) is 11.8 Å². The van der Waals surface area contributed by atoms with Gasteiger partial charge in [0.05, 0.1) is 19.2 Å². The van der Waals surface area contributed by atoms with Crippen LogP contribution in [0.25, 0.3) is 21.9 Å². The molecule has 34 heavy (non-hydrogen) atoms. The Balaban J connectivity index is 1.58. The molecule has 0 amide bonds. The molecule has 4 aromatic rings. The molecule has 7 heteroatoms. The highest BCUT2D eigenvalue weighted by Gasteiger charge is 2.20. The average molecular weight is 459 g/mol. The van der Waals surface area contributed by atoms with Gasteiger partial charge in [0.2, 0.25) is 5.95 Å². The molecule has 178 valence electrons. The van der Waals surface area contributed by atoms with Crippen molar-refractivity contribution in [2.45, 2.75) is 58.2 Å². The maximum Gasteiger partial charge on any atom is 0.222 e. The summed E-state index contributed by atoms with van der Waals surface area (Å²) in [4.78, 5) is 9.23. The Hall–Kier alpha value is -3.32. The Labute approximate surface area is 200 Å². The number of fused-ring (bicyclic) bond motifs is 3. The molecule has 0 radical (unpaired) electrons. The summed E-state index contributed by atoms with van der Waals surface area (Å²) in [7, 11) is 1.73. The number of hydrogen-bond acceptors (Lipinski definition) is 6. The number of anilines is 2. The van der Waals surface area contributed by atoms with Crippen LogP contribution >= 0.6 is 0 Å². The molecule has 0 spiro atoms. The number of nitrogens with two attached hydrogens (primary N) is 1. The molecule has 1 saturated carbocycles. The second-order valence-electron chi connectivity index (χ2n) is 9.17. The van der Waals surface area contributed by atoms with Gasteiger partial charge < -0.3 is 25.7 Å². The number of rotatable bonds is 10. The molecule has 7 nitrogen and oxygen atoms in total. The molecule has 1 fully saturated rings. The van der Waals surface area contributed by atoms with Gasteiger partial charge in [0, 0.05) is 30.1 Å². The lowest BCUT2D eigenvalue weighted by Crippen LogP contribution is -2.34. The smallest absolute Gasteiger partial charge is 0.222 e. The van der Waals surface area contributed by atoms with Gasteiger partial charge in [-0.2, -0.15) is 4.98 Å². The fourth-order valence-electron chi connectivity index (χ4n) is 4.73. The quantitative estimate of drug-likeness (QED) is 0.287. The van der Waals surface area contributed by atoms with Gasteiger partial charge in [-0.3, -0.25) is 0 Å². The molecule has 0 saturated heterocycles. The minimum atomic E-state index is 0.288. The van der Waals surface area contributed by atoms with Gasteiger partial charge in [-0.15, -0.1) is 0 Å². The lowest BCUT2D eigenvalue weighted by atomic mass is 9.93. The van der Waals surface area contributed by atoms with Gasteiger partial charge in [0.25, 0.3) is 0 Å². The van der Waals surface area contributed by atoms with Crippen LogP contribution in [-0.4, -0.2) is 34.2 Å². The van der Waals surface area contributed by atoms with Gasteiger partial charge in [0.1, 0.15) is 16.8 Å². The summed E-state index contributed by atoms with van der Waals surface area (Å²) in [5.41, 5.74) is 11.5. The molecular formula is C27H34N6O. The van der Waals surface area contributed by atoms with Crippen molar-refractivity contribution in [2.24, 2.45) is 0 Å². The third-order valence-electron chi connectivity index (χ3n) is 6.82. The first kappa shape index (κ1) is 22.5. The molecule has 2 heterocycles. The van der Waals surface area contributed by atoms with Crippen LogP contribution in [0.2, 0.25) is 0 Å². The van der Waals surface area contributed by atoms with Crippen LogP contribution in [0, 0.1) is 0 Å². The van der Waals surface area contributed by atoms with Crippen molar-refractivity contribution in [3.63, 3.8) is 0 Å². The van der Waals surface area contributed by atoms with E-state index in [9.17, 15) is 0 Å². The minimum absolute atomic E-state index is 0.288. The Bertz CT molecular complexity index is 1290. The topological polar surface area (TPSA) is 90.0 Å². The zero-order valence-electron chi connectivity index (χ0n) is 20.1. The molecular weight excluding hydrogens is 424 g/mol. The molecule has 0 unspecified atom stereocenters. The van der Waals surface area contributed by atoms with E-state index < -0.39 is 0 Å². The Morgan fingerprint density at radius 2 is 2.00 bits per heavy atom. The SMILES string of the molecule is CCCCNc1nc(N)nc2c3ccccc3n(Cc3cc(CNC4CCC4)ccc3OC)c12. The number of benzene rings is 2. The predicted octanol–water partition coefficient (Wildman–Crippen LogP) is 5.08. The van der Waals surface area contributed by atoms with Crippen molar-refractivity contribution in [3.05, 3.63) is 53.6 Å². The van der Waals surface area contributed by atoms with Gasteiger partial charge >= 0.3 is 0 Å². The van der Waals surface area contributed by atoms with Crippen molar-refractivity contribution >= 4 is 33.7 Å². The van der Waals surface area contributed by atoms with E-state index in [2.05, 4.69) is 68.5 Å². The summed E-state index contributed by atoms with van der Waals surface area (Å²) in [5, 5.41) is 8.26. The largest absolute Gasteiger partial charge is 0.496 e. The van der Waals surface area contributed by atoms with E-state index in [1.165, 1.54) is 24.8 Å². The van der Waals surface area contributed by atoms with Crippen LogP contribution in [0.3, 0.4) is 0 Å². The van der Waals surface area contributed by atoms with Crippen molar-refractivity contribution < 1.29 is 4.74 Å². The fraction of sp³-hybridized carbons (Fsp3) is 0.407. The van der Waals surface area contributed by atoms with Crippen LogP contribution in [-0.2, 0) is 13.1 Å². The van der Waals surface area contributed by atoms with E-state index in [0.717, 1.165) is 65.0 Å². The number of nitrogen functional groups attached to an aromatic ring is 1. The summed E-state index contributed by atoms with van der Waals surface area (Å²) in [6.07, 6.45) is 6.07. The summed E-state index contributed by atoms with van der Waals surface area (Å²) in [6.45, 7) is 4.55. The van der Waals surface area contributed by atoms with E-state index in [0.29, 0.717) is 12.6 Å².